The van der Waals surface area contributed by atoms with E-state index in [1.807, 2.05) is 18.2 Å². The van der Waals surface area contributed by atoms with Crippen LogP contribution in [0.25, 0.3) is 22.2 Å². The number of hydrogen-bond donors (Lipinski definition) is 2. The first-order valence-corrected chi connectivity index (χ1v) is 10.4. The van der Waals surface area contributed by atoms with Crippen LogP contribution in [0.1, 0.15) is 29.9 Å². The molecule has 0 saturated carbocycles. The Balaban J connectivity index is 1.20. The zero-order valence-corrected chi connectivity index (χ0v) is 16.7. The highest BCUT2D eigenvalue weighted by molar-refractivity contribution is 5.75. The van der Waals surface area contributed by atoms with Crippen molar-refractivity contribution in [2.45, 2.75) is 25.3 Å². The van der Waals surface area contributed by atoms with Gasteiger partial charge in [-0.1, -0.05) is 42.5 Å². The fourth-order valence-corrected chi connectivity index (χ4v) is 4.43. The molecule has 4 aromatic rings. The zero-order valence-electron chi connectivity index (χ0n) is 16.7. The molecule has 0 aliphatic carbocycles. The maximum atomic E-state index is 13.1. The van der Waals surface area contributed by atoms with Crippen molar-refractivity contribution >= 4 is 11.0 Å². The highest BCUT2D eigenvalue weighted by Gasteiger charge is 2.21. The number of aromatic nitrogens is 2. The van der Waals surface area contributed by atoms with E-state index in [1.165, 1.54) is 23.3 Å². The topological polar surface area (TPSA) is 51.9 Å². The van der Waals surface area contributed by atoms with Crippen LogP contribution in [-0.4, -0.2) is 28.0 Å². The van der Waals surface area contributed by atoms with Gasteiger partial charge in [0, 0.05) is 6.54 Å². The summed E-state index contributed by atoms with van der Waals surface area (Å²) in [5.74, 6) is 0.324. The standard InChI is InChI=1S/C25H24FN3O/c26-22-8-5-19(6-9-22)18-3-1-17(2-4-18)16-29-13-11-20(12-14-29)21-7-10-23-24(15-21)28-25(30)27-23/h1-10,15,20H,11-14,16H2,(H2,27,28,30). The molecular weight excluding hydrogens is 377 g/mol. The zero-order chi connectivity index (χ0) is 20.5. The predicted molar refractivity (Wildman–Crippen MR) is 118 cm³/mol. The number of fused-ring (bicyclic) bond motifs is 1. The number of rotatable bonds is 4. The van der Waals surface area contributed by atoms with Crippen LogP contribution in [0.4, 0.5) is 4.39 Å². The van der Waals surface area contributed by atoms with Crippen molar-refractivity contribution in [3.05, 3.63) is 94.2 Å². The summed E-state index contributed by atoms with van der Waals surface area (Å²) in [5, 5.41) is 0. The lowest BCUT2D eigenvalue weighted by molar-refractivity contribution is 0.204. The van der Waals surface area contributed by atoms with E-state index in [1.54, 1.807) is 0 Å². The molecule has 152 valence electrons. The molecule has 0 radical (unpaired) electrons. The van der Waals surface area contributed by atoms with Crippen LogP contribution >= 0.6 is 0 Å². The van der Waals surface area contributed by atoms with Crippen LogP contribution in [0.3, 0.4) is 0 Å². The SMILES string of the molecule is O=c1[nH]c2ccc(C3CCN(Cc4ccc(-c5ccc(F)cc5)cc4)CC3)cc2[nH]1. The Hall–Kier alpha value is -3.18. The second-order valence-corrected chi connectivity index (χ2v) is 8.14. The molecule has 1 aliphatic heterocycles. The molecule has 0 unspecified atom stereocenters. The van der Waals surface area contributed by atoms with Crippen LogP contribution in [0.15, 0.2) is 71.5 Å². The first-order valence-electron chi connectivity index (χ1n) is 10.4. The van der Waals surface area contributed by atoms with Gasteiger partial charge in [-0.2, -0.15) is 0 Å². The highest BCUT2D eigenvalue weighted by atomic mass is 19.1. The largest absolute Gasteiger partial charge is 0.323 e. The molecule has 1 aromatic heterocycles. The quantitative estimate of drug-likeness (QED) is 0.503. The summed E-state index contributed by atoms with van der Waals surface area (Å²) in [4.78, 5) is 19.6. The molecule has 0 bridgehead atoms. The van der Waals surface area contributed by atoms with Gasteiger partial charge in [-0.3, -0.25) is 4.90 Å². The van der Waals surface area contributed by atoms with Crippen molar-refractivity contribution in [1.82, 2.24) is 14.9 Å². The Morgan fingerprint density at radius 2 is 1.47 bits per heavy atom. The molecule has 30 heavy (non-hydrogen) atoms. The van der Waals surface area contributed by atoms with E-state index in [9.17, 15) is 9.18 Å². The number of halogens is 1. The molecule has 3 aromatic carbocycles. The number of nitrogens with zero attached hydrogens (tertiary/aromatic N) is 1. The second-order valence-electron chi connectivity index (χ2n) is 8.14. The van der Waals surface area contributed by atoms with Crippen molar-refractivity contribution in [2.75, 3.05) is 13.1 Å². The summed E-state index contributed by atoms with van der Waals surface area (Å²) in [6, 6.07) is 21.4. The van der Waals surface area contributed by atoms with Gasteiger partial charge in [-0.15, -0.1) is 0 Å². The lowest BCUT2D eigenvalue weighted by Crippen LogP contribution is -2.32. The van der Waals surface area contributed by atoms with Gasteiger partial charge in [0.05, 0.1) is 11.0 Å². The normalized spacial score (nSPS) is 15.6. The summed E-state index contributed by atoms with van der Waals surface area (Å²) < 4.78 is 13.1. The highest BCUT2D eigenvalue weighted by Crippen LogP contribution is 2.30. The number of aromatic amines is 2. The molecule has 1 saturated heterocycles. The smallest absolute Gasteiger partial charge is 0.306 e. The Morgan fingerprint density at radius 3 is 2.17 bits per heavy atom. The lowest BCUT2D eigenvalue weighted by atomic mass is 9.89. The number of imidazole rings is 1. The minimum Gasteiger partial charge on any atom is -0.306 e. The minimum atomic E-state index is -0.208. The number of likely N-dealkylation sites (tertiary alicyclic amines) is 1. The number of benzene rings is 3. The minimum absolute atomic E-state index is 0.151. The average molecular weight is 401 g/mol. The van der Waals surface area contributed by atoms with Gasteiger partial charge in [-0.05, 0) is 78.4 Å². The molecule has 0 atom stereocenters. The molecule has 5 rings (SSSR count). The summed E-state index contributed by atoms with van der Waals surface area (Å²) in [7, 11) is 0. The van der Waals surface area contributed by atoms with Crippen LogP contribution in [0.5, 0.6) is 0 Å². The van der Waals surface area contributed by atoms with Crippen molar-refractivity contribution in [2.24, 2.45) is 0 Å². The van der Waals surface area contributed by atoms with Gasteiger partial charge in [0.25, 0.3) is 0 Å². The van der Waals surface area contributed by atoms with Crippen molar-refractivity contribution in [3.8, 4) is 11.1 Å². The number of hydrogen-bond acceptors (Lipinski definition) is 2. The van der Waals surface area contributed by atoms with Gasteiger partial charge in [0.15, 0.2) is 0 Å². The molecule has 5 heteroatoms. The van der Waals surface area contributed by atoms with E-state index in [0.29, 0.717) is 5.92 Å². The van der Waals surface area contributed by atoms with Gasteiger partial charge in [0.2, 0.25) is 0 Å². The third kappa shape index (κ3) is 3.94. The van der Waals surface area contributed by atoms with E-state index in [0.717, 1.165) is 54.6 Å². The van der Waals surface area contributed by atoms with Gasteiger partial charge >= 0.3 is 5.69 Å². The molecule has 0 amide bonds. The summed E-state index contributed by atoms with van der Waals surface area (Å²) in [6.45, 7) is 3.07. The molecule has 1 aliphatic rings. The van der Waals surface area contributed by atoms with E-state index in [4.69, 9.17) is 0 Å². The molecule has 4 nitrogen and oxygen atoms in total. The Bertz CT molecular complexity index is 1200. The van der Waals surface area contributed by atoms with Crippen molar-refractivity contribution in [3.63, 3.8) is 0 Å². The molecule has 0 spiro atoms. The third-order valence-corrected chi connectivity index (χ3v) is 6.14. The monoisotopic (exact) mass is 401 g/mol. The number of piperidine rings is 1. The molecule has 2 heterocycles. The van der Waals surface area contributed by atoms with E-state index >= 15 is 0 Å². The Labute approximate surface area is 174 Å². The fourth-order valence-electron chi connectivity index (χ4n) is 4.43. The van der Waals surface area contributed by atoms with Gasteiger partial charge in [0.1, 0.15) is 5.82 Å². The number of H-pyrrole nitrogens is 2. The van der Waals surface area contributed by atoms with Gasteiger partial charge < -0.3 is 9.97 Å². The summed E-state index contributed by atoms with van der Waals surface area (Å²) in [6.07, 6.45) is 2.24. The maximum Gasteiger partial charge on any atom is 0.323 e. The Kier molecular flexibility index (Phi) is 4.97. The molecular formula is C25H24FN3O. The van der Waals surface area contributed by atoms with E-state index in [2.05, 4.69) is 51.3 Å². The van der Waals surface area contributed by atoms with Crippen LogP contribution in [0, 0.1) is 5.82 Å². The average Bonchev–Trinajstić information content (AvgIpc) is 3.15. The van der Waals surface area contributed by atoms with Crippen molar-refractivity contribution in [1.29, 1.82) is 0 Å². The van der Waals surface area contributed by atoms with Crippen molar-refractivity contribution < 1.29 is 4.39 Å². The second kappa shape index (κ2) is 7.92. The molecule has 2 N–H and O–H groups in total. The summed E-state index contributed by atoms with van der Waals surface area (Å²) >= 11 is 0. The van der Waals surface area contributed by atoms with E-state index < -0.39 is 0 Å². The van der Waals surface area contributed by atoms with Crippen LogP contribution < -0.4 is 5.69 Å². The van der Waals surface area contributed by atoms with Crippen LogP contribution in [-0.2, 0) is 6.54 Å². The molecule has 1 fully saturated rings. The lowest BCUT2D eigenvalue weighted by Gasteiger charge is -2.32. The predicted octanol–water partition coefficient (Wildman–Crippen LogP) is 5.04. The summed E-state index contributed by atoms with van der Waals surface area (Å²) in [5.41, 5.74) is 6.35. The van der Waals surface area contributed by atoms with Crippen LogP contribution in [0.2, 0.25) is 0 Å². The first kappa shape index (κ1) is 18.8. The van der Waals surface area contributed by atoms with E-state index in [-0.39, 0.29) is 11.5 Å². The number of nitrogens with one attached hydrogen (secondary N) is 2. The fraction of sp³-hybridized carbons (Fsp3) is 0.240. The first-order chi connectivity index (χ1) is 14.6. The Morgan fingerprint density at radius 1 is 0.833 bits per heavy atom. The maximum absolute atomic E-state index is 13.1. The third-order valence-electron chi connectivity index (χ3n) is 6.14. The van der Waals surface area contributed by atoms with Gasteiger partial charge in [-0.25, -0.2) is 9.18 Å².